The molecular weight excluding hydrogens is 492 g/mol. The van der Waals surface area contributed by atoms with Crippen molar-refractivity contribution in [1.29, 1.82) is 0 Å². The van der Waals surface area contributed by atoms with Gasteiger partial charge < -0.3 is 48.5 Å². The summed E-state index contributed by atoms with van der Waals surface area (Å²) in [6.45, 7) is -0.703. The number of aromatic hydroxyl groups is 1. The Hall–Kier alpha value is -4.24. The van der Waals surface area contributed by atoms with E-state index in [0.717, 1.165) is 0 Å². The lowest BCUT2D eigenvalue weighted by Gasteiger charge is -2.25. The smallest absolute Gasteiger partial charge is 0.326 e. The highest BCUT2D eigenvalue weighted by Crippen LogP contribution is 2.12. The Bertz CT molecular complexity index is 985. The topological polar surface area (TPSA) is 277 Å². The minimum Gasteiger partial charge on any atom is -0.508 e. The molecule has 0 aliphatic rings. The highest BCUT2D eigenvalue weighted by molar-refractivity contribution is 5.94. The largest absolute Gasteiger partial charge is 0.508 e. The van der Waals surface area contributed by atoms with E-state index in [-0.39, 0.29) is 37.9 Å². The molecule has 4 atom stereocenters. The van der Waals surface area contributed by atoms with Gasteiger partial charge in [-0.25, -0.2) is 4.79 Å². The van der Waals surface area contributed by atoms with Crippen LogP contribution < -0.4 is 33.2 Å². The summed E-state index contributed by atoms with van der Waals surface area (Å²) in [4.78, 5) is 72.0. The Balaban J connectivity index is 3.13. The number of nitrogens with one attached hydrogen (secondary N) is 3. The predicted octanol–water partition coefficient (Wildman–Crippen LogP) is -3.68. The van der Waals surface area contributed by atoms with Crippen molar-refractivity contribution in [3.63, 3.8) is 0 Å². The minimum atomic E-state index is -1.51. The van der Waals surface area contributed by atoms with E-state index in [1.807, 2.05) is 0 Å². The van der Waals surface area contributed by atoms with Crippen LogP contribution >= 0.6 is 0 Å². The van der Waals surface area contributed by atoms with Crippen molar-refractivity contribution < 1.29 is 44.1 Å². The summed E-state index contributed by atoms with van der Waals surface area (Å²) in [6.07, 6.45) is -1.41. The first-order valence-corrected chi connectivity index (χ1v) is 11.2. The van der Waals surface area contributed by atoms with Gasteiger partial charge in [0.15, 0.2) is 0 Å². The molecule has 0 saturated heterocycles. The summed E-state index contributed by atoms with van der Waals surface area (Å²) < 4.78 is 0. The zero-order valence-corrected chi connectivity index (χ0v) is 19.9. The molecule has 0 aliphatic carbocycles. The Morgan fingerprint density at radius 2 is 1.22 bits per heavy atom. The fourth-order valence-corrected chi connectivity index (χ4v) is 3.08. The average Bonchev–Trinajstić information content (AvgIpc) is 2.83. The number of primary amides is 2. The lowest BCUT2D eigenvalue weighted by Crippen LogP contribution is -2.58. The first-order valence-electron chi connectivity index (χ1n) is 11.2. The molecule has 1 rings (SSSR count). The number of hydrogen-bond acceptors (Lipinski definition) is 9. The van der Waals surface area contributed by atoms with Gasteiger partial charge in [0.05, 0.1) is 6.61 Å². The van der Waals surface area contributed by atoms with Crippen LogP contribution in [0, 0.1) is 0 Å². The second-order valence-corrected chi connectivity index (χ2v) is 8.19. The predicted molar refractivity (Wildman–Crippen MR) is 127 cm³/mol. The summed E-state index contributed by atoms with van der Waals surface area (Å²) in [6, 6.07) is 0.0701. The van der Waals surface area contributed by atoms with E-state index in [1.165, 1.54) is 24.3 Å². The normalized spacial score (nSPS) is 13.9. The van der Waals surface area contributed by atoms with E-state index in [1.54, 1.807) is 0 Å². The number of carboxylic acid groups (broad SMARTS) is 1. The van der Waals surface area contributed by atoms with Gasteiger partial charge in [0.1, 0.15) is 29.9 Å². The molecule has 0 fully saturated rings. The molecule has 0 aliphatic heterocycles. The van der Waals surface area contributed by atoms with E-state index in [9.17, 15) is 39.0 Å². The maximum Gasteiger partial charge on any atom is 0.326 e. The van der Waals surface area contributed by atoms with Crippen LogP contribution in [0.4, 0.5) is 0 Å². The molecular formula is C22H32N6O9. The number of carbonyl (C=O) groups excluding carboxylic acids is 5. The van der Waals surface area contributed by atoms with Crippen LogP contribution in [0.25, 0.3) is 0 Å². The first kappa shape index (κ1) is 30.8. The Morgan fingerprint density at radius 1 is 0.757 bits per heavy atom. The number of amides is 5. The maximum absolute atomic E-state index is 13.1. The van der Waals surface area contributed by atoms with Crippen LogP contribution in [-0.2, 0) is 35.2 Å². The number of phenols is 1. The number of nitrogens with two attached hydrogens (primary N) is 3. The molecule has 4 unspecified atom stereocenters. The van der Waals surface area contributed by atoms with E-state index >= 15 is 0 Å². The van der Waals surface area contributed by atoms with Crippen LogP contribution in [-0.4, -0.2) is 81.6 Å². The molecule has 0 heterocycles. The number of carbonyl (C=O) groups is 6. The fourth-order valence-electron chi connectivity index (χ4n) is 3.08. The lowest BCUT2D eigenvalue weighted by molar-refractivity contribution is -0.142. The SMILES string of the molecule is NC(=O)CCC(NC(=O)C(CCC(N)=O)NC(=O)C(Cc1ccc(O)cc1)NC(=O)C(N)CO)C(=O)O. The standard InChI is InChI=1S/C22H32N6O9/c23-13(10-29)19(33)28-16(9-11-1-3-12(30)4-2-11)21(35)26-14(5-7-17(24)31)20(34)27-15(22(36)37)6-8-18(25)32/h1-4,13-16,29-30H,5-10,23H2,(H2,24,31)(H2,25,32)(H,26,35)(H,27,34)(H,28,33)(H,36,37). The maximum atomic E-state index is 13.1. The van der Waals surface area contributed by atoms with Crippen LogP contribution in [0.3, 0.4) is 0 Å². The number of phenolic OH excluding ortho intramolecular Hbond substituents is 1. The second kappa shape index (κ2) is 15.0. The third kappa shape index (κ3) is 11.4. The molecule has 1 aromatic carbocycles. The molecule has 12 N–H and O–H groups in total. The van der Waals surface area contributed by atoms with Gasteiger partial charge in [-0.1, -0.05) is 12.1 Å². The van der Waals surface area contributed by atoms with Crippen molar-refractivity contribution in [3.8, 4) is 5.75 Å². The van der Waals surface area contributed by atoms with Gasteiger partial charge in [0.2, 0.25) is 29.5 Å². The summed E-state index contributed by atoms with van der Waals surface area (Å²) in [5, 5.41) is 34.9. The van der Waals surface area contributed by atoms with Gasteiger partial charge in [-0.05, 0) is 30.5 Å². The summed E-state index contributed by atoms with van der Waals surface area (Å²) in [5.41, 5.74) is 16.2. The van der Waals surface area contributed by atoms with Crippen LogP contribution in [0.15, 0.2) is 24.3 Å². The van der Waals surface area contributed by atoms with Crippen LogP contribution in [0.1, 0.15) is 31.2 Å². The molecule has 1 aromatic rings. The monoisotopic (exact) mass is 524 g/mol. The molecule has 37 heavy (non-hydrogen) atoms. The molecule has 15 nitrogen and oxygen atoms in total. The molecule has 0 radical (unpaired) electrons. The lowest BCUT2D eigenvalue weighted by atomic mass is 10.0. The van der Waals surface area contributed by atoms with Crippen molar-refractivity contribution in [2.24, 2.45) is 17.2 Å². The first-order chi connectivity index (χ1) is 17.3. The van der Waals surface area contributed by atoms with Gasteiger partial charge in [-0.3, -0.25) is 24.0 Å². The Labute approximate surface area is 211 Å². The van der Waals surface area contributed by atoms with Gasteiger partial charge in [-0.2, -0.15) is 0 Å². The van der Waals surface area contributed by atoms with Gasteiger partial charge in [0.25, 0.3) is 0 Å². The summed E-state index contributed by atoms with van der Waals surface area (Å²) >= 11 is 0. The average molecular weight is 525 g/mol. The Morgan fingerprint density at radius 3 is 1.70 bits per heavy atom. The highest BCUT2D eigenvalue weighted by Gasteiger charge is 2.30. The van der Waals surface area contributed by atoms with Crippen molar-refractivity contribution in [3.05, 3.63) is 29.8 Å². The van der Waals surface area contributed by atoms with Gasteiger partial charge >= 0.3 is 5.97 Å². The third-order valence-electron chi connectivity index (χ3n) is 5.15. The number of benzene rings is 1. The van der Waals surface area contributed by atoms with E-state index in [0.29, 0.717) is 5.56 Å². The fraction of sp³-hybridized carbons (Fsp3) is 0.455. The van der Waals surface area contributed by atoms with Crippen molar-refractivity contribution in [2.45, 2.75) is 56.3 Å². The van der Waals surface area contributed by atoms with E-state index in [2.05, 4.69) is 16.0 Å². The highest BCUT2D eigenvalue weighted by atomic mass is 16.4. The molecule has 0 spiro atoms. The van der Waals surface area contributed by atoms with E-state index < -0.39 is 66.3 Å². The molecule has 0 saturated carbocycles. The number of rotatable bonds is 16. The van der Waals surface area contributed by atoms with Crippen molar-refractivity contribution in [1.82, 2.24) is 16.0 Å². The molecule has 204 valence electrons. The molecule has 15 heteroatoms. The van der Waals surface area contributed by atoms with E-state index in [4.69, 9.17) is 22.3 Å². The number of aliphatic hydroxyl groups excluding tert-OH is 1. The van der Waals surface area contributed by atoms with Gasteiger partial charge in [-0.15, -0.1) is 0 Å². The number of aliphatic hydroxyl groups is 1. The molecule has 5 amide bonds. The zero-order chi connectivity index (χ0) is 28.1. The van der Waals surface area contributed by atoms with Gasteiger partial charge in [0, 0.05) is 19.3 Å². The van der Waals surface area contributed by atoms with Crippen molar-refractivity contribution >= 4 is 35.5 Å². The van der Waals surface area contributed by atoms with Crippen molar-refractivity contribution in [2.75, 3.05) is 6.61 Å². The Kier molecular flexibility index (Phi) is 12.5. The number of carboxylic acids is 1. The number of aliphatic carboxylic acids is 1. The second-order valence-electron chi connectivity index (χ2n) is 8.19. The minimum absolute atomic E-state index is 0.0383. The molecule has 0 bridgehead atoms. The molecule has 0 aromatic heterocycles. The quantitative estimate of drug-likeness (QED) is 0.102. The summed E-state index contributed by atoms with van der Waals surface area (Å²) in [5.74, 6) is -5.80. The third-order valence-corrected chi connectivity index (χ3v) is 5.15. The zero-order valence-electron chi connectivity index (χ0n) is 19.9. The van der Waals surface area contributed by atoms with Crippen LogP contribution in [0.5, 0.6) is 5.75 Å². The summed E-state index contributed by atoms with van der Waals surface area (Å²) in [7, 11) is 0. The number of hydrogen-bond donors (Lipinski definition) is 9. The van der Waals surface area contributed by atoms with Crippen LogP contribution in [0.2, 0.25) is 0 Å².